The summed E-state index contributed by atoms with van der Waals surface area (Å²) in [6.45, 7) is 1.75. The van der Waals surface area contributed by atoms with E-state index in [0.717, 1.165) is 29.7 Å². The standard InChI is InChI=1S/C9H13BrN2O2S2/c10-8-1-2-9(15-8)16(13,14)12-7-3-5-11-6-4-7/h1-2,7,11-12H,3-6H2. The Bertz CT molecular complexity index is 452. The molecule has 1 aromatic rings. The molecule has 1 aliphatic rings. The van der Waals surface area contributed by atoms with E-state index < -0.39 is 10.0 Å². The van der Waals surface area contributed by atoms with Gasteiger partial charge in [-0.15, -0.1) is 11.3 Å². The molecule has 90 valence electrons. The lowest BCUT2D eigenvalue weighted by atomic mass is 10.1. The van der Waals surface area contributed by atoms with Crippen LogP contribution in [0.4, 0.5) is 0 Å². The number of thiophene rings is 1. The molecule has 2 rings (SSSR count). The van der Waals surface area contributed by atoms with Gasteiger partial charge in [-0.2, -0.15) is 0 Å². The molecule has 0 unspecified atom stereocenters. The first-order chi connectivity index (χ1) is 7.58. The van der Waals surface area contributed by atoms with Crippen molar-refractivity contribution >= 4 is 37.3 Å². The predicted molar refractivity (Wildman–Crippen MR) is 68.2 cm³/mol. The molecule has 0 aromatic carbocycles. The summed E-state index contributed by atoms with van der Waals surface area (Å²) in [5.74, 6) is 0. The van der Waals surface area contributed by atoms with Crippen LogP contribution in [0.2, 0.25) is 0 Å². The SMILES string of the molecule is O=S(=O)(NC1CCNCC1)c1ccc(Br)s1. The number of halogens is 1. The molecule has 0 atom stereocenters. The van der Waals surface area contributed by atoms with Crippen molar-refractivity contribution in [2.75, 3.05) is 13.1 Å². The van der Waals surface area contributed by atoms with Gasteiger partial charge in [0.1, 0.15) is 4.21 Å². The Labute approximate surface area is 108 Å². The van der Waals surface area contributed by atoms with Crippen LogP contribution in [0.3, 0.4) is 0 Å². The lowest BCUT2D eigenvalue weighted by Gasteiger charge is -2.23. The molecule has 0 saturated carbocycles. The number of rotatable bonds is 3. The number of hydrogen-bond acceptors (Lipinski definition) is 4. The fourth-order valence-electron chi connectivity index (χ4n) is 1.66. The minimum absolute atomic E-state index is 0.0622. The van der Waals surface area contributed by atoms with Crippen LogP contribution >= 0.6 is 27.3 Å². The summed E-state index contributed by atoms with van der Waals surface area (Å²) in [4.78, 5) is 0. The number of hydrogen-bond donors (Lipinski definition) is 2. The van der Waals surface area contributed by atoms with Crippen molar-refractivity contribution in [2.45, 2.75) is 23.1 Å². The van der Waals surface area contributed by atoms with Crippen molar-refractivity contribution in [3.63, 3.8) is 0 Å². The van der Waals surface area contributed by atoms with Crippen molar-refractivity contribution in [1.29, 1.82) is 0 Å². The summed E-state index contributed by atoms with van der Waals surface area (Å²) in [5.41, 5.74) is 0. The minimum atomic E-state index is -3.33. The summed E-state index contributed by atoms with van der Waals surface area (Å²) in [7, 11) is -3.33. The molecule has 1 aliphatic heterocycles. The maximum atomic E-state index is 12.0. The summed E-state index contributed by atoms with van der Waals surface area (Å²) in [5, 5.41) is 3.20. The van der Waals surface area contributed by atoms with E-state index in [1.54, 1.807) is 12.1 Å². The van der Waals surface area contributed by atoms with Gasteiger partial charge in [0, 0.05) is 6.04 Å². The van der Waals surface area contributed by atoms with E-state index in [1.165, 1.54) is 11.3 Å². The van der Waals surface area contributed by atoms with E-state index in [0.29, 0.717) is 4.21 Å². The summed E-state index contributed by atoms with van der Waals surface area (Å²) < 4.78 is 27.9. The second-order valence-corrected chi connectivity index (χ2v) is 8.11. The van der Waals surface area contributed by atoms with Gasteiger partial charge < -0.3 is 5.32 Å². The highest BCUT2D eigenvalue weighted by molar-refractivity contribution is 9.11. The lowest BCUT2D eigenvalue weighted by Crippen LogP contribution is -2.42. The third-order valence-corrected chi connectivity index (χ3v) is 6.11. The Morgan fingerprint density at radius 1 is 1.38 bits per heavy atom. The molecule has 1 fully saturated rings. The Morgan fingerprint density at radius 2 is 2.06 bits per heavy atom. The van der Waals surface area contributed by atoms with Crippen LogP contribution in [0.15, 0.2) is 20.1 Å². The molecule has 0 amide bonds. The van der Waals surface area contributed by atoms with Crippen LogP contribution in [0, 0.1) is 0 Å². The van der Waals surface area contributed by atoms with Crippen molar-refractivity contribution in [1.82, 2.24) is 10.0 Å². The van der Waals surface area contributed by atoms with Crippen molar-refractivity contribution in [2.24, 2.45) is 0 Å². The first-order valence-corrected chi connectivity index (χ1v) is 8.15. The first-order valence-electron chi connectivity index (χ1n) is 5.06. The molecule has 2 heterocycles. The maximum absolute atomic E-state index is 12.0. The molecule has 2 N–H and O–H groups in total. The smallest absolute Gasteiger partial charge is 0.250 e. The van der Waals surface area contributed by atoms with Gasteiger partial charge in [0.15, 0.2) is 0 Å². The fraction of sp³-hybridized carbons (Fsp3) is 0.556. The zero-order valence-electron chi connectivity index (χ0n) is 8.57. The van der Waals surface area contributed by atoms with Crippen molar-refractivity contribution in [3.05, 3.63) is 15.9 Å². The van der Waals surface area contributed by atoms with Crippen LogP contribution in [-0.4, -0.2) is 27.5 Å². The van der Waals surface area contributed by atoms with Gasteiger partial charge in [-0.25, -0.2) is 13.1 Å². The zero-order valence-corrected chi connectivity index (χ0v) is 11.8. The minimum Gasteiger partial charge on any atom is -0.317 e. The van der Waals surface area contributed by atoms with Crippen molar-refractivity contribution in [3.8, 4) is 0 Å². The predicted octanol–water partition coefficient (Wildman–Crippen LogP) is 1.54. The molecule has 0 spiro atoms. The van der Waals surface area contributed by atoms with Crippen LogP contribution in [-0.2, 0) is 10.0 Å². The Balaban J connectivity index is 2.07. The average molecular weight is 325 g/mol. The largest absolute Gasteiger partial charge is 0.317 e. The number of nitrogens with one attached hydrogen (secondary N) is 2. The molecule has 4 nitrogen and oxygen atoms in total. The first kappa shape index (κ1) is 12.5. The number of sulfonamides is 1. The van der Waals surface area contributed by atoms with E-state index in [2.05, 4.69) is 26.0 Å². The van der Waals surface area contributed by atoms with Gasteiger partial charge in [-0.1, -0.05) is 0 Å². The number of piperidine rings is 1. The summed E-state index contributed by atoms with van der Waals surface area (Å²) >= 11 is 4.50. The second-order valence-electron chi connectivity index (χ2n) is 3.70. The summed E-state index contributed by atoms with van der Waals surface area (Å²) in [6.07, 6.45) is 1.71. The molecule has 16 heavy (non-hydrogen) atoms. The molecule has 7 heteroatoms. The van der Waals surface area contributed by atoms with E-state index in [1.807, 2.05) is 0 Å². The fourth-order valence-corrected chi connectivity index (χ4v) is 4.99. The third-order valence-electron chi connectivity index (χ3n) is 2.47. The van der Waals surface area contributed by atoms with Gasteiger partial charge in [-0.3, -0.25) is 0 Å². The monoisotopic (exact) mass is 324 g/mol. The van der Waals surface area contributed by atoms with Crippen LogP contribution in [0.1, 0.15) is 12.8 Å². The molecular formula is C9H13BrN2O2S2. The molecule has 0 bridgehead atoms. The van der Waals surface area contributed by atoms with Gasteiger partial charge >= 0.3 is 0 Å². The van der Waals surface area contributed by atoms with Crippen LogP contribution in [0.25, 0.3) is 0 Å². The van der Waals surface area contributed by atoms with Crippen LogP contribution in [0.5, 0.6) is 0 Å². The van der Waals surface area contributed by atoms with E-state index in [4.69, 9.17) is 0 Å². The quantitative estimate of drug-likeness (QED) is 0.886. The highest BCUT2D eigenvalue weighted by Gasteiger charge is 2.22. The summed E-state index contributed by atoms with van der Waals surface area (Å²) in [6, 6.07) is 3.44. The third kappa shape index (κ3) is 3.04. The Morgan fingerprint density at radius 3 is 2.62 bits per heavy atom. The van der Waals surface area contributed by atoms with Gasteiger partial charge in [0.2, 0.25) is 10.0 Å². The lowest BCUT2D eigenvalue weighted by molar-refractivity contribution is 0.427. The molecule has 1 aromatic heterocycles. The van der Waals surface area contributed by atoms with Gasteiger partial charge in [0.25, 0.3) is 0 Å². The normalized spacial score (nSPS) is 18.8. The van der Waals surface area contributed by atoms with Gasteiger partial charge in [0.05, 0.1) is 3.79 Å². The topological polar surface area (TPSA) is 58.2 Å². The van der Waals surface area contributed by atoms with E-state index in [-0.39, 0.29) is 6.04 Å². The van der Waals surface area contributed by atoms with Gasteiger partial charge in [-0.05, 0) is 54.0 Å². The highest BCUT2D eigenvalue weighted by Crippen LogP contribution is 2.26. The Kier molecular flexibility index (Phi) is 4.01. The molecule has 1 saturated heterocycles. The highest BCUT2D eigenvalue weighted by atomic mass is 79.9. The van der Waals surface area contributed by atoms with Crippen molar-refractivity contribution < 1.29 is 8.42 Å². The van der Waals surface area contributed by atoms with Crippen LogP contribution < -0.4 is 10.0 Å². The second kappa shape index (κ2) is 5.14. The Hall–Kier alpha value is 0.0500. The molecule has 0 radical (unpaired) electrons. The molecular weight excluding hydrogens is 312 g/mol. The maximum Gasteiger partial charge on any atom is 0.250 e. The van der Waals surface area contributed by atoms with E-state index in [9.17, 15) is 8.42 Å². The molecule has 0 aliphatic carbocycles. The average Bonchev–Trinajstić information content (AvgIpc) is 2.66. The zero-order chi connectivity index (χ0) is 11.6. The van der Waals surface area contributed by atoms with E-state index >= 15 is 0 Å².